The van der Waals surface area contributed by atoms with Crippen molar-refractivity contribution >= 4 is 10.8 Å². The summed E-state index contributed by atoms with van der Waals surface area (Å²) in [6.07, 6.45) is 17.1. The molecule has 0 saturated heterocycles. The lowest BCUT2D eigenvalue weighted by atomic mass is 9.48. The smallest absolute Gasteiger partial charge is 0.160 e. The van der Waals surface area contributed by atoms with Crippen LogP contribution in [-0.4, -0.2) is 9.97 Å². The van der Waals surface area contributed by atoms with Crippen molar-refractivity contribution in [3.05, 3.63) is 132 Å². The van der Waals surface area contributed by atoms with E-state index in [-0.39, 0.29) is 0 Å². The van der Waals surface area contributed by atoms with E-state index in [4.69, 9.17) is 9.97 Å². The highest BCUT2D eigenvalue weighted by atomic mass is 14.9. The molecule has 0 atom stereocenters. The van der Waals surface area contributed by atoms with Gasteiger partial charge < -0.3 is 0 Å². The molecule has 8 saturated carbocycles. The quantitative estimate of drug-likeness (QED) is 0.172. The molecule has 8 aliphatic carbocycles. The maximum Gasteiger partial charge on any atom is 0.160 e. The van der Waals surface area contributed by atoms with Crippen LogP contribution in [0.3, 0.4) is 0 Å². The fraction of sp³-hybridized carbons (Fsp3) is 0.377. The van der Waals surface area contributed by atoms with Crippen LogP contribution >= 0.6 is 0 Å². The number of nitriles is 1. The van der Waals surface area contributed by atoms with Crippen molar-refractivity contribution in [2.45, 2.75) is 87.9 Å². The van der Waals surface area contributed by atoms with Crippen molar-refractivity contribution in [3.8, 4) is 51.1 Å². The standard InChI is InChI=1S/C53H49N3/c54-32-43-13-18-47(48-4-2-1-3-46(43)48)39-5-7-40(8-6-39)49-25-50(41-9-14-44(15-10-41)52-26-33-19-34(27-52)21-35(20-33)28-52)56-51(55-49)42-11-16-45(17-12-42)53-29-36-22-37(30-53)24-38(23-36)31-53/h1-18,25,33-38H,19-24,26-31H2. The van der Waals surface area contributed by atoms with Gasteiger partial charge in [-0.25, -0.2) is 9.97 Å². The minimum atomic E-state index is 0.377. The summed E-state index contributed by atoms with van der Waals surface area (Å²) in [5, 5.41) is 11.8. The van der Waals surface area contributed by atoms with Crippen molar-refractivity contribution in [1.82, 2.24) is 9.97 Å². The molecule has 6 aromatic rings. The van der Waals surface area contributed by atoms with Gasteiger partial charge in [0.25, 0.3) is 0 Å². The van der Waals surface area contributed by atoms with Gasteiger partial charge >= 0.3 is 0 Å². The molecule has 276 valence electrons. The first-order chi connectivity index (χ1) is 27.5. The lowest BCUT2D eigenvalue weighted by Crippen LogP contribution is -2.48. The third-order valence-electron chi connectivity index (χ3n) is 15.9. The van der Waals surface area contributed by atoms with E-state index in [0.717, 1.165) is 91.3 Å². The number of benzene rings is 5. The van der Waals surface area contributed by atoms with Crippen molar-refractivity contribution < 1.29 is 0 Å². The van der Waals surface area contributed by atoms with Crippen LogP contribution in [0.2, 0.25) is 0 Å². The summed E-state index contributed by atoms with van der Waals surface area (Å²) in [7, 11) is 0. The van der Waals surface area contributed by atoms with Crippen LogP contribution in [0, 0.1) is 46.8 Å². The molecule has 1 aromatic heterocycles. The predicted molar refractivity (Wildman–Crippen MR) is 226 cm³/mol. The van der Waals surface area contributed by atoms with Crippen molar-refractivity contribution in [2.75, 3.05) is 0 Å². The Hall–Kier alpha value is -5.07. The first-order valence-electron chi connectivity index (χ1n) is 21.6. The predicted octanol–water partition coefficient (Wildman–Crippen LogP) is 13.1. The lowest BCUT2D eigenvalue weighted by Gasteiger charge is -2.57. The number of fused-ring (bicyclic) bond motifs is 1. The summed E-state index contributed by atoms with van der Waals surface area (Å²) in [4.78, 5) is 10.6. The Morgan fingerprint density at radius 3 is 1.32 bits per heavy atom. The molecule has 8 bridgehead atoms. The van der Waals surface area contributed by atoms with Gasteiger partial charge in [-0.15, -0.1) is 0 Å². The maximum atomic E-state index is 9.74. The van der Waals surface area contributed by atoms with Crippen molar-refractivity contribution in [2.24, 2.45) is 35.5 Å². The molecule has 3 heteroatoms. The van der Waals surface area contributed by atoms with E-state index in [2.05, 4.69) is 103 Å². The molecule has 0 aliphatic heterocycles. The maximum absolute atomic E-state index is 9.74. The van der Waals surface area contributed by atoms with Crippen LogP contribution in [0.4, 0.5) is 0 Å². The Kier molecular flexibility index (Phi) is 7.37. The van der Waals surface area contributed by atoms with Gasteiger partial charge in [-0.05, 0) is 163 Å². The minimum absolute atomic E-state index is 0.377. The summed E-state index contributed by atoms with van der Waals surface area (Å²) >= 11 is 0. The van der Waals surface area contributed by atoms with Crippen LogP contribution in [0.1, 0.15) is 93.7 Å². The second-order valence-electron chi connectivity index (χ2n) is 19.4. The lowest BCUT2D eigenvalue weighted by molar-refractivity contribution is -0.00530. The molecule has 0 unspecified atom stereocenters. The normalized spacial score (nSPS) is 30.8. The Morgan fingerprint density at radius 1 is 0.446 bits per heavy atom. The highest BCUT2D eigenvalue weighted by molar-refractivity contribution is 5.99. The van der Waals surface area contributed by atoms with Crippen molar-refractivity contribution in [3.63, 3.8) is 0 Å². The Labute approximate surface area is 331 Å². The minimum Gasteiger partial charge on any atom is -0.228 e. The number of nitrogens with zero attached hydrogens (tertiary/aromatic N) is 3. The van der Waals surface area contributed by atoms with Crippen LogP contribution in [-0.2, 0) is 10.8 Å². The Balaban J connectivity index is 0.914. The van der Waals surface area contributed by atoms with Gasteiger partial charge in [-0.2, -0.15) is 5.26 Å². The van der Waals surface area contributed by atoms with Gasteiger partial charge in [-0.3, -0.25) is 0 Å². The highest BCUT2D eigenvalue weighted by Crippen LogP contribution is 2.62. The molecule has 0 radical (unpaired) electrons. The largest absolute Gasteiger partial charge is 0.228 e. The van der Waals surface area contributed by atoms with Crippen molar-refractivity contribution in [1.29, 1.82) is 5.26 Å². The van der Waals surface area contributed by atoms with Crippen LogP contribution in [0.15, 0.2) is 115 Å². The summed E-state index contributed by atoms with van der Waals surface area (Å²) in [5.41, 5.74) is 12.1. The van der Waals surface area contributed by atoms with E-state index >= 15 is 0 Å². The Morgan fingerprint density at radius 2 is 0.857 bits per heavy atom. The fourth-order valence-corrected chi connectivity index (χ4v) is 14.2. The van der Waals surface area contributed by atoms with Crippen LogP contribution < -0.4 is 0 Å². The summed E-state index contributed by atoms with van der Waals surface area (Å²) in [6.45, 7) is 0. The molecule has 0 amide bonds. The summed E-state index contributed by atoms with van der Waals surface area (Å²) in [6, 6.07) is 44.7. The van der Waals surface area contributed by atoms with Gasteiger partial charge in [0.05, 0.1) is 23.0 Å². The molecule has 56 heavy (non-hydrogen) atoms. The first kappa shape index (κ1) is 33.1. The third kappa shape index (κ3) is 5.35. The molecular weight excluding hydrogens is 679 g/mol. The molecular formula is C53H49N3. The molecule has 8 aliphatic rings. The molecule has 5 aromatic carbocycles. The molecule has 8 fully saturated rings. The number of hydrogen-bond acceptors (Lipinski definition) is 3. The third-order valence-corrected chi connectivity index (χ3v) is 15.9. The van der Waals surface area contributed by atoms with E-state index in [9.17, 15) is 5.26 Å². The molecule has 14 rings (SSSR count). The summed E-state index contributed by atoms with van der Waals surface area (Å²) < 4.78 is 0. The van der Waals surface area contributed by atoms with E-state index in [1.54, 1.807) is 11.1 Å². The fourth-order valence-electron chi connectivity index (χ4n) is 14.2. The summed E-state index contributed by atoms with van der Waals surface area (Å²) in [5.74, 6) is 6.39. The van der Waals surface area contributed by atoms with E-state index in [0.29, 0.717) is 16.4 Å². The average molecular weight is 728 g/mol. The topological polar surface area (TPSA) is 49.6 Å². The van der Waals surface area contributed by atoms with Crippen LogP contribution in [0.5, 0.6) is 0 Å². The number of aromatic nitrogens is 2. The highest BCUT2D eigenvalue weighted by Gasteiger charge is 2.52. The SMILES string of the molecule is N#Cc1ccc(-c2ccc(-c3cc(-c4ccc(C56CC7CC(CC(C7)C5)C6)cc4)nc(-c4ccc(C56CC7CC(CC(C7)C5)C6)cc4)n3)cc2)c2ccccc12. The molecule has 3 nitrogen and oxygen atoms in total. The number of hydrogen-bond donors (Lipinski definition) is 0. The zero-order chi connectivity index (χ0) is 37.0. The van der Waals surface area contributed by atoms with E-state index < -0.39 is 0 Å². The zero-order valence-corrected chi connectivity index (χ0v) is 32.3. The average Bonchev–Trinajstić information content (AvgIpc) is 3.22. The monoisotopic (exact) mass is 727 g/mol. The Bertz CT molecular complexity index is 2360. The zero-order valence-electron chi connectivity index (χ0n) is 32.3. The molecule has 0 spiro atoms. The molecule has 1 heterocycles. The first-order valence-corrected chi connectivity index (χ1v) is 21.6. The van der Waals surface area contributed by atoms with Gasteiger partial charge in [0.15, 0.2) is 5.82 Å². The van der Waals surface area contributed by atoms with E-state index in [1.165, 1.54) is 77.0 Å². The second kappa shape index (κ2) is 12.5. The van der Waals surface area contributed by atoms with Gasteiger partial charge in [0.2, 0.25) is 0 Å². The van der Waals surface area contributed by atoms with Gasteiger partial charge in [-0.1, -0.05) is 103 Å². The molecule has 0 N–H and O–H groups in total. The number of rotatable bonds is 6. The second-order valence-corrected chi connectivity index (χ2v) is 19.4. The van der Waals surface area contributed by atoms with Gasteiger partial charge in [0.1, 0.15) is 0 Å². The van der Waals surface area contributed by atoms with Crippen LogP contribution in [0.25, 0.3) is 55.8 Å². The van der Waals surface area contributed by atoms with Gasteiger partial charge in [0, 0.05) is 22.1 Å². The van der Waals surface area contributed by atoms with E-state index in [1.807, 2.05) is 18.2 Å².